The summed E-state index contributed by atoms with van der Waals surface area (Å²) >= 11 is 8.84. The summed E-state index contributed by atoms with van der Waals surface area (Å²) in [6, 6.07) is 7.91. The lowest BCUT2D eigenvalue weighted by Gasteiger charge is -2.06. The molecule has 0 saturated heterocycles. The van der Waals surface area contributed by atoms with Gasteiger partial charge >= 0.3 is 0 Å². The van der Waals surface area contributed by atoms with Crippen molar-refractivity contribution in [2.75, 3.05) is 0 Å². The first kappa shape index (κ1) is 13.5. The molecule has 5 heteroatoms. The van der Waals surface area contributed by atoms with Crippen molar-refractivity contribution in [3.8, 4) is 11.4 Å². The Morgan fingerprint density at radius 3 is 2.95 bits per heavy atom. The third kappa shape index (κ3) is 2.31. The highest BCUT2D eigenvalue weighted by molar-refractivity contribution is 9.10. The van der Waals surface area contributed by atoms with Gasteiger partial charge in [-0.05, 0) is 28.4 Å². The lowest BCUT2D eigenvalue weighted by molar-refractivity contribution is 0.616. The topological polar surface area (TPSA) is 41.8 Å². The van der Waals surface area contributed by atoms with Crippen LogP contribution in [0.3, 0.4) is 0 Å². The van der Waals surface area contributed by atoms with Crippen LogP contribution in [0.1, 0.15) is 19.0 Å². The van der Waals surface area contributed by atoms with Crippen LogP contribution >= 0.6 is 28.1 Å². The Morgan fingerprint density at radius 2 is 2.15 bits per heavy atom. The van der Waals surface area contributed by atoms with E-state index in [0.29, 0.717) is 4.64 Å². The fourth-order valence-electron chi connectivity index (χ4n) is 2.22. The zero-order valence-corrected chi connectivity index (χ0v) is 13.3. The van der Waals surface area contributed by atoms with Gasteiger partial charge < -0.3 is 9.40 Å². The number of hydrogen-bond acceptors (Lipinski definition) is 3. The molecule has 0 unspecified atom stereocenters. The molecule has 0 spiro atoms. The molecule has 20 heavy (non-hydrogen) atoms. The molecule has 0 aliphatic heterocycles. The number of benzene rings is 1. The molecular formula is C15H13BrN2OS. The Hall–Kier alpha value is -1.46. The SMILES string of the molecule is CCCc1[nH]c(-c2coc3ccccc23)nc(=S)c1Br. The van der Waals surface area contributed by atoms with Gasteiger partial charge in [0.1, 0.15) is 22.3 Å². The average Bonchev–Trinajstić information content (AvgIpc) is 2.88. The molecule has 3 rings (SSSR count). The number of hydrogen-bond donors (Lipinski definition) is 1. The highest BCUT2D eigenvalue weighted by Gasteiger charge is 2.12. The summed E-state index contributed by atoms with van der Waals surface area (Å²) < 4.78 is 7.02. The first-order valence-corrected chi connectivity index (χ1v) is 7.66. The van der Waals surface area contributed by atoms with Gasteiger partial charge in [-0.3, -0.25) is 0 Å². The molecule has 0 saturated carbocycles. The predicted octanol–water partition coefficient (Wildman–Crippen LogP) is 5.27. The number of furan rings is 1. The lowest BCUT2D eigenvalue weighted by Crippen LogP contribution is -1.98. The van der Waals surface area contributed by atoms with Crippen molar-refractivity contribution in [2.24, 2.45) is 0 Å². The van der Waals surface area contributed by atoms with Gasteiger partial charge in [0.25, 0.3) is 0 Å². The van der Waals surface area contributed by atoms with E-state index in [0.717, 1.165) is 45.4 Å². The van der Waals surface area contributed by atoms with Crippen LogP contribution in [0.15, 0.2) is 39.4 Å². The number of aryl methyl sites for hydroxylation is 1. The fraction of sp³-hybridized carbons (Fsp3) is 0.200. The quantitative estimate of drug-likeness (QED) is 0.655. The molecule has 1 N–H and O–H groups in total. The number of nitrogens with one attached hydrogen (secondary N) is 1. The van der Waals surface area contributed by atoms with Crippen LogP contribution in [-0.4, -0.2) is 9.97 Å². The van der Waals surface area contributed by atoms with Crippen LogP contribution in [-0.2, 0) is 6.42 Å². The first-order valence-electron chi connectivity index (χ1n) is 6.46. The molecule has 0 aliphatic rings. The average molecular weight is 349 g/mol. The van der Waals surface area contributed by atoms with Gasteiger partial charge in [0.05, 0.1) is 10.0 Å². The summed E-state index contributed by atoms with van der Waals surface area (Å²) in [6.07, 6.45) is 3.69. The van der Waals surface area contributed by atoms with E-state index < -0.39 is 0 Å². The largest absolute Gasteiger partial charge is 0.464 e. The number of rotatable bonds is 3. The fourth-order valence-corrected chi connectivity index (χ4v) is 2.82. The van der Waals surface area contributed by atoms with Gasteiger partial charge in [0.2, 0.25) is 0 Å². The third-order valence-electron chi connectivity index (χ3n) is 3.17. The molecule has 0 atom stereocenters. The van der Waals surface area contributed by atoms with Crippen LogP contribution in [0, 0.1) is 4.64 Å². The summed E-state index contributed by atoms with van der Waals surface area (Å²) in [6.45, 7) is 2.14. The molecule has 3 nitrogen and oxygen atoms in total. The minimum Gasteiger partial charge on any atom is -0.464 e. The predicted molar refractivity (Wildman–Crippen MR) is 86.3 cm³/mol. The second kappa shape index (κ2) is 5.50. The number of H-pyrrole nitrogens is 1. The van der Waals surface area contributed by atoms with Crippen molar-refractivity contribution in [1.29, 1.82) is 0 Å². The number of aromatic nitrogens is 2. The van der Waals surface area contributed by atoms with Crippen LogP contribution in [0.4, 0.5) is 0 Å². The van der Waals surface area contributed by atoms with Crippen molar-refractivity contribution in [1.82, 2.24) is 9.97 Å². The molecular weight excluding hydrogens is 336 g/mol. The summed E-state index contributed by atoms with van der Waals surface area (Å²) in [5.74, 6) is 0.756. The molecule has 0 fully saturated rings. The van der Waals surface area contributed by atoms with E-state index in [4.69, 9.17) is 16.6 Å². The minimum absolute atomic E-state index is 0.576. The van der Waals surface area contributed by atoms with Crippen molar-refractivity contribution in [3.05, 3.63) is 45.3 Å². The zero-order valence-electron chi connectivity index (χ0n) is 10.9. The van der Waals surface area contributed by atoms with Gasteiger partial charge in [-0.2, -0.15) is 0 Å². The Morgan fingerprint density at radius 1 is 1.35 bits per heavy atom. The maximum atomic E-state index is 5.57. The van der Waals surface area contributed by atoms with Crippen LogP contribution in [0.5, 0.6) is 0 Å². The number of halogens is 1. The second-order valence-electron chi connectivity index (χ2n) is 4.58. The monoisotopic (exact) mass is 348 g/mol. The maximum Gasteiger partial charge on any atom is 0.144 e. The van der Waals surface area contributed by atoms with Crippen LogP contribution in [0.25, 0.3) is 22.4 Å². The number of nitrogens with zero attached hydrogens (tertiary/aromatic N) is 1. The number of para-hydroxylation sites is 1. The molecule has 102 valence electrons. The normalized spacial score (nSPS) is 11.1. The summed E-state index contributed by atoms with van der Waals surface area (Å²) in [5.41, 5.74) is 2.87. The van der Waals surface area contributed by atoms with E-state index >= 15 is 0 Å². The van der Waals surface area contributed by atoms with Crippen molar-refractivity contribution in [2.45, 2.75) is 19.8 Å². The van der Waals surface area contributed by atoms with Crippen LogP contribution < -0.4 is 0 Å². The van der Waals surface area contributed by atoms with E-state index in [9.17, 15) is 0 Å². The van der Waals surface area contributed by atoms with Crippen molar-refractivity contribution >= 4 is 39.1 Å². The number of aromatic amines is 1. The second-order valence-corrected chi connectivity index (χ2v) is 5.76. The molecule has 2 heterocycles. The Bertz CT molecular complexity index is 822. The Kier molecular flexibility index (Phi) is 3.72. The molecule has 2 aromatic heterocycles. The van der Waals surface area contributed by atoms with E-state index in [-0.39, 0.29) is 0 Å². The molecule has 1 aromatic carbocycles. The Balaban J connectivity index is 2.22. The van der Waals surface area contributed by atoms with Crippen molar-refractivity contribution in [3.63, 3.8) is 0 Å². The molecule has 0 aliphatic carbocycles. The molecule has 0 bridgehead atoms. The van der Waals surface area contributed by atoms with E-state index in [1.165, 1.54) is 0 Å². The lowest BCUT2D eigenvalue weighted by atomic mass is 10.1. The zero-order chi connectivity index (χ0) is 14.1. The van der Waals surface area contributed by atoms with E-state index in [1.807, 2.05) is 24.3 Å². The molecule has 0 radical (unpaired) electrons. The smallest absolute Gasteiger partial charge is 0.144 e. The minimum atomic E-state index is 0.576. The summed E-state index contributed by atoms with van der Waals surface area (Å²) in [4.78, 5) is 7.82. The molecule has 3 aromatic rings. The van der Waals surface area contributed by atoms with Gasteiger partial charge in [-0.15, -0.1) is 0 Å². The summed E-state index contributed by atoms with van der Waals surface area (Å²) in [5, 5.41) is 1.04. The Labute approximate surface area is 130 Å². The standard InChI is InChI=1S/C15H13BrN2OS/c1-2-5-11-13(16)15(20)18-14(17-11)10-8-19-12-7-4-3-6-9(10)12/h3-4,6-8H,2,5H2,1H3,(H,17,18,20). The van der Waals surface area contributed by atoms with Crippen LogP contribution in [0.2, 0.25) is 0 Å². The highest BCUT2D eigenvalue weighted by atomic mass is 79.9. The third-order valence-corrected chi connectivity index (χ3v) is 4.58. The van der Waals surface area contributed by atoms with Gasteiger partial charge in [-0.1, -0.05) is 43.8 Å². The first-order chi connectivity index (χ1) is 9.70. The van der Waals surface area contributed by atoms with Crippen molar-refractivity contribution < 1.29 is 4.42 Å². The molecule has 0 amide bonds. The van der Waals surface area contributed by atoms with E-state index in [1.54, 1.807) is 6.26 Å². The van der Waals surface area contributed by atoms with E-state index in [2.05, 4.69) is 32.8 Å². The maximum absolute atomic E-state index is 5.57. The number of fused-ring (bicyclic) bond motifs is 1. The van der Waals surface area contributed by atoms with Gasteiger partial charge in [-0.25, -0.2) is 4.98 Å². The highest BCUT2D eigenvalue weighted by Crippen LogP contribution is 2.29. The van der Waals surface area contributed by atoms with Gasteiger partial charge in [0, 0.05) is 11.1 Å². The summed E-state index contributed by atoms with van der Waals surface area (Å²) in [7, 11) is 0. The van der Waals surface area contributed by atoms with Gasteiger partial charge in [0.15, 0.2) is 0 Å².